The largest absolute Gasteiger partial charge is 0.243 e. The number of rotatable bonds is 6. The molecule has 1 saturated heterocycles. The Bertz CT molecular complexity index is 777. The summed E-state index contributed by atoms with van der Waals surface area (Å²) < 4.78 is 27.5. The molecule has 1 heterocycles. The minimum atomic E-state index is -3.37. The molecule has 3 rings (SSSR count). The van der Waals surface area contributed by atoms with Gasteiger partial charge in [-0.05, 0) is 41.7 Å². The van der Waals surface area contributed by atoms with Gasteiger partial charge in [-0.1, -0.05) is 62.9 Å². The summed E-state index contributed by atoms with van der Waals surface area (Å²) in [6.45, 7) is 3.54. The molecule has 2 aromatic rings. The third kappa shape index (κ3) is 3.81. The van der Waals surface area contributed by atoms with Gasteiger partial charge >= 0.3 is 0 Å². The Morgan fingerprint density at radius 3 is 2.42 bits per heavy atom. The van der Waals surface area contributed by atoms with Crippen LogP contribution in [-0.4, -0.2) is 25.8 Å². The zero-order chi connectivity index (χ0) is 17.0. The monoisotopic (exact) mass is 345 g/mol. The van der Waals surface area contributed by atoms with Gasteiger partial charge < -0.3 is 0 Å². The number of piperidine rings is 1. The highest BCUT2D eigenvalue weighted by molar-refractivity contribution is 7.89. The molecule has 2 aromatic carbocycles. The van der Waals surface area contributed by atoms with Crippen LogP contribution < -0.4 is 0 Å². The van der Waals surface area contributed by atoms with E-state index in [0.29, 0.717) is 23.9 Å². The molecular formula is C20H27NO2S. The zero-order valence-corrected chi connectivity index (χ0v) is 15.3. The molecular weight excluding hydrogens is 318 g/mol. The first-order valence-corrected chi connectivity index (χ1v) is 10.5. The highest BCUT2D eigenvalue weighted by Gasteiger charge is 2.29. The van der Waals surface area contributed by atoms with E-state index in [1.807, 2.05) is 30.3 Å². The Labute approximate surface area is 145 Å². The van der Waals surface area contributed by atoms with E-state index in [1.165, 1.54) is 25.7 Å². The fourth-order valence-corrected chi connectivity index (χ4v) is 5.10. The molecule has 0 bridgehead atoms. The van der Waals surface area contributed by atoms with Gasteiger partial charge in [-0.2, -0.15) is 4.31 Å². The standard InChI is InChI=1S/C20H27NO2S/c1-2-3-4-7-17-12-14-21(15-13-17)24(22,23)20-11-10-18-8-5-6-9-19(18)16-20/h5-6,8-11,16-17H,2-4,7,12-15H2,1H3. The minimum absolute atomic E-state index is 0.422. The maximum absolute atomic E-state index is 12.9. The number of unbranched alkanes of at least 4 members (excludes halogenated alkanes) is 2. The second kappa shape index (κ2) is 7.66. The van der Waals surface area contributed by atoms with Crippen molar-refractivity contribution in [3.05, 3.63) is 42.5 Å². The van der Waals surface area contributed by atoms with Crippen LogP contribution in [0, 0.1) is 5.92 Å². The summed E-state index contributed by atoms with van der Waals surface area (Å²) in [5.41, 5.74) is 0. The Morgan fingerprint density at radius 2 is 1.71 bits per heavy atom. The lowest BCUT2D eigenvalue weighted by Crippen LogP contribution is -2.38. The highest BCUT2D eigenvalue weighted by Crippen LogP contribution is 2.28. The van der Waals surface area contributed by atoms with E-state index in [-0.39, 0.29) is 0 Å². The van der Waals surface area contributed by atoms with Crippen molar-refractivity contribution < 1.29 is 8.42 Å². The van der Waals surface area contributed by atoms with Gasteiger partial charge in [0.05, 0.1) is 4.90 Å². The topological polar surface area (TPSA) is 37.4 Å². The van der Waals surface area contributed by atoms with Gasteiger partial charge in [-0.3, -0.25) is 0 Å². The fourth-order valence-electron chi connectivity index (χ4n) is 3.60. The predicted octanol–water partition coefficient (Wildman–Crippen LogP) is 4.82. The average Bonchev–Trinajstić information content (AvgIpc) is 2.62. The van der Waals surface area contributed by atoms with Crippen LogP contribution in [0.15, 0.2) is 47.4 Å². The van der Waals surface area contributed by atoms with Crippen molar-refractivity contribution in [3.63, 3.8) is 0 Å². The van der Waals surface area contributed by atoms with E-state index < -0.39 is 10.0 Å². The average molecular weight is 346 g/mol. The van der Waals surface area contributed by atoms with Gasteiger partial charge in [-0.25, -0.2) is 8.42 Å². The lowest BCUT2D eigenvalue weighted by Gasteiger charge is -2.31. The van der Waals surface area contributed by atoms with Crippen molar-refractivity contribution in [3.8, 4) is 0 Å². The number of sulfonamides is 1. The lowest BCUT2D eigenvalue weighted by molar-refractivity contribution is 0.259. The minimum Gasteiger partial charge on any atom is -0.207 e. The van der Waals surface area contributed by atoms with Crippen LogP contribution in [0.5, 0.6) is 0 Å². The van der Waals surface area contributed by atoms with Gasteiger partial charge in [0.2, 0.25) is 10.0 Å². The molecule has 0 spiro atoms. The molecule has 1 aliphatic heterocycles. The number of hydrogen-bond donors (Lipinski definition) is 0. The molecule has 0 radical (unpaired) electrons. The van der Waals surface area contributed by atoms with E-state index in [4.69, 9.17) is 0 Å². The highest BCUT2D eigenvalue weighted by atomic mass is 32.2. The first-order valence-electron chi connectivity index (χ1n) is 9.10. The summed E-state index contributed by atoms with van der Waals surface area (Å²) >= 11 is 0. The van der Waals surface area contributed by atoms with Gasteiger partial charge in [0.15, 0.2) is 0 Å². The van der Waals surface area contributed by atoms with Crippen LogP contribution >= 0.6 is 0 Å². The maximum atomic E-state index is 12.9. The Hall–Kier alpha value is -1.39. The normalized spacial score (nSPS) is 17.4. The number of nitrogens with zero attached hydrogens (tertiary/aromatic N) is 1. The molecule has 130 valence electrons. The molecule has 4 heteroatoms. The van der Waals surface area contributed by atoms with E-state index in [9.17, 15) is 8.42 Å². The van der Waals surface area contributed by atoms with Crippen LogP contribution in [0.4, 0.5) is 0 Å². The van der Waals surface area contributed by atoms with Crippen molar-refractivity contribution in [2.24, 2.45) is 5.92 Å². The lowest BCUT2D eigenvalue weighted by atomic mass is 9.92. The molecule has 0 amide bonds. The van der Waals surface area contributed by atoms with E-state index in [2.05, 4.69) is 6.92 Å². The molecule has 0 unspecified atom stereocenters. The van der Waals surface area contributed by atoms with Gasteiger partial charge in [0.25, 0.3) is 0 Å². The number of fused-ring (bicyclic) bond motifs is 1. The molecule has 0 atom stereocenters. The van der Waals surface area contributed by atoms with Crippen LogP contribution in [0.2, 0.25) is 0 Å². The van der Waals surface area contributed by atoms with Crippen LogP contribution in [0.3, 0.4) is 0 Å². The van der Waals surface area contributed by atoms with Crippen molar-refractivity contribution in [1.82, 2.24) is 4.31 Å². The van der Waals surface area contributed by atoms with Gasteiger partial charge in [-0.15, -0.1) is 0 Å². The van der Waals surface area contributed by atoms with Crippen molar-refractivity contribution in [2.45, 2.75) is 50.3 Å². The first kappa shape index (κ1) is 17.4. The number of hydrogen-bond acceptors (Lipinski definition) is 2. The quantitative estimate of drug-likeness (QED) is 0.704. The van der Waals surface area contributed by atoms with Crippen molar-refractivity contribution in [2.75, 3.05) is 13.1 Å². The molecule has 1 fully saturated rings. The number of benzene rings is 2. The predicted molar refractivity (Wildman–Crippen MR) is 99.6 cm³/mol. The second-order valence-electron chi connectivity index (χ2n) is 6.85. The molecule has 3 nitrogen and oxygen atoms in total. The van der Waals surface area contributed by atoms with Crippen molar-refractivity contribution in [1.29, 1.82) is 0 Å². The summed E-state index contributed by atoms with van der Waals surface area (Å²) in [6.07, 6.45) is 7.05. The van der Waals surface area contributed by atoms with E-state index >= 15 is 0 Å². The van der Waals surface area contributed by atoms with Gasteiger partial charge in [0, 0.05) is 13.1 Å². The molecule has 0 N–H and O–H groups in total. The second-order valence-corrected chi connectivity index (χ2v) is 8.79. The Balaban J connectivity index is 1.69. The molecule has 0 saturated carbocycles. The fraction of sp³-hybridized carbons (Fsp3) is 0.500. The van der Waals surface area contributed by atoms with Crippen molar-refractivity contribution >= 4 is 20.8 Å². The molecule has 0 aromatic heterocycles. The zero-order valence-electron chi connectivity index (χ0n) is 14.4. The maximum Gasteiger partial charge on any atom is 0.243 e. The summed E-state index contributed by atoms with van der Waals surface area (Å²) in [7, 11) is -3.37. The third-order valence-electron chi connectivity index (χ3n) is 5.15. The Morgan fingerprint density at radius 1 is 1.00 bits per heavy atom. The summed E-state index contributed by atoms with van der Waals surface area (Å²) in [5, 5.41) is 2.05. The molecule has 1 aliphatic rings. The first-order chi connectivity index (χ1) is 11.6. The van der Waals surface area contributed by atoms with Crippen LogP contribution in [-0.2, 0) is 10.0 Å². The van der Waals surface area contributed by atoms with Gasteiger partial charge in [0.1, 0.15) is 0 Å². The SMILES string of the molecule is CCCCCC1CCN(S(=O)(=O)c2ccc3ccccc3c2)CC1. The molecule has 24 heavy (non-hydrogen) atoms. The van der Waals surface area contributed by atoms with Crippen LogP contribution in [0.25, 0.3) is 10.8 Å². The summed E-state index contributed by atoms with van der Waals surface area (Å²) in [5.74, 6) is 0.694. The van der Waals surface area contributed by atoms with Crippen LogP contribution in [0.1, 0.15) is 45.4 Å². The summed E-state index contributed by atoms with van der Waals surface area (Å²) in [4.78, 5) is 0.422. The smallest absolute Gasteiger partial charge is 0.207 e. The molecule has 0 aliphatic carbocycles. The van der Waals surface area contributed by atoms with E-state index in [0.717, 1.165) is 23.6 Å². The van der Waals surface area contributed by atoms with E-state index in [1.54, 1.807) is 16.4 Å². The third-order valence-corrected chi connectivity index (χ3v) is 7.04. The summed E-state index contributed by atoms with van der Waals surface area (Å²) in [6, 6.07) is 13.3. The Kier molecular flexibility index (Phi) is 5.57.